The van der Waals surface area contributed by atoms with Crippen LogP contribution in [-0.4, -0.2) is 42.6 Å². The van der Waals surface area contributed by atoms with Crippen molar-refractivity contribution in [3.63, 3.8) is 0 Å². The van der Waals surface area contributed by atoms with E-state index in [1.54, 1.807) is 36.5 Å². The zero-order chi connectivity index (χ0) is 25.2. The van der Waals surface area contributed by atoms with Crippen LogP contribution in [-0.2, 0) is 4.74 Å². The molecule has 0 aliphatic carbocycles. The van der Waals surface area contributed by atoms with Gasteiger partial charge >= 0.3 is 6.36 Å². The van der Waals surface area contributed by atoms with E-state index in [2.05, 4.69) is 19.9 Å². The van der Waals surface area contributed by atoms with E-state index in [-0.39, 0.29) is 23.9 Å². The highest BCUT2D eigenvalue weighted by Crippen LogP contribution is 2.30. The summed E-state index contributed by atoms with van der Waals surface area (Å²) >= 11 is 0. The summed E-state index contributed by atoms with van der Waals surface area (Å²) in [5.74, 6) is 0.191. The van der Waals surface area contributed by atoms with Gasteiger partial charge in [-0.25, -0.2) is 4.98 Å². The summed E-state index contributed by atoms with van der Waals surface area (Å²) < 4.78 is 46.9. The second-order valence-corrected chi connectivity index (χ2v) is 8.62. The molecule has 0 unspecified atom stereocenters. The van der Waals surface area contributed by atoms with Crippen molar-refractivity contribution in [1.82, 2.24) is 4.98 Å². The van der Waals surface area contributed by atoms with Gasteiger partial charge in [0.15, 0.2) is 0 Å². The smallest absolute Gasteiger partial charge is 0.406 e. The van der Waals surface area contributed by atoms with Gasteiger partial charge in [0.2, 0.25) is 0 Å². The molecule has 0 radical (unpaired) electrons. The number of hydrogen-bond donors (Lipinski definition) is 1. The fourth-order valence-electron chi connectivity index (χ4n) is 4.12. The lowest BCUT2D eigenvalue weighted by molar-refractivity contribution is -0.274. The van der Waals surface area contributed by atoms with Crippen LogP contribution in [0.4, 0.5) is 24.7 Å². The van der Waals surface area contributed by atoms with Crippen molar-refractivity contribution in [3.8, 4) is 16.9 Å². The molecule has 1 fully saturated rings. The summed E-state index contributed by atoms with van der Waals surface area (Å²) in [5, 5.41) is 2.87. The molecule has 9 heteroatoms. The summed E-state index contributed by atoms with van der Waals surface area (Å²) in [7, 11) is 0. The molecule has 0 bridgehead atoms. The summed E-state index contributed by atoms with van der Waals surface area (Å²) in [6.07, 6.45) is -2.99. The molecule has 1 aliphatic rings. The lowest BCUT2D eigenvalue weighted by Gasteiger charge is -2.36. The lowest BCUT2D eigenvalue weighted by Crippen LogP contribution is -2.45. The van der Waals surface area contributed by atoms with Gasteiger partial charge in [-0.2, -0.15) is 0 Å². The molecule has 6 nitrogen and oxygen atoms in total. The number of carbonyl (C=O) groups is 1. The summed E-state index contributed by atoms with van der Waals surface area (Å²) in [5.41, 5.74) is 3.37. The van der Waals surface area contributed by atoms with Crippen molar-refractivity contribution in [1.29, 1.82) is 0 Å². The SMILES string of the molecule is Cc1ccc(NC(=O)c2ccc(N3C[C@@H](C)O[C@@H](C)C3)nc2)cc1-c1ccc(OC(F)(F)F)cc1. The Kier molecular flexibility index (Phi) is 6.98. The molecule has 3 aromatic rings. The average molecular weight is 486 g/mol. The molecule has 1 aromatic heterocycles. The van der Waals surface area contributed by atoms with Crippen LogP contribution in [0.15, 0.2) is 60.8 Å². The maximum Gasteiger partial charge on any atom is 0.573 e. The quantitative estimate of drug-likeness (QED) is 0.493. The third-order valence-corrected chi connectivity index (χ3v) is 5.65. The summed E-state index contributed by atoms with van der Waals surface area (Å²) in [4.78, 5) is 19.4. The van der Waals surface area contributed by atoms with Crippen LogP contribution in [0.1, 0.15) is 29.8 Å². The first-order valence-electron chi connectivity index (χ1n) is 11.2. The van der Waals surface area contributed by atoms with Crippen LogP contribution >= 0.6 is 0 Å². The zero-order valence-corrected chi connectivity index (χ0v) is 19.6. The molecule has 2 atom stereocenters. The molecule has 35 heavy (non-hydrogen) atoms. The Morgan fingerprint density at radius 3 is 2.34 bits per heavy atom. The number of anilines is 2. The van der Waals surface area contributed by atoms with E-state index in [9.17, 15) is 18.0 Å². The maximum absolute atomic E-state index is 12.8. The molecule has 1 aliphatic heterocycles. The number of morpholine rings is 1. The zero-order valence-electron chi connectivity index (χ0n) is 19.6. The Bertz CT molecular complexity index is 1170. The monoisotopic (exact) mass is 485 g/mol. The van der Waals surface area contributed by atoms with Gasteiger partial charge in [0.25, 0.3) is 5.91 Å². The minimum Gasteiger partial charge on any atom is -0.406 e. The summed E-state index contributed by atoms with van der Waals surface area (Å²) in [6.45, 7) is 7.39. The van der Waals surface area contributed by atoms with Gasteiger partial charge in [-0.15, -0.1) is 13.2 Å². The highest BCUT2D eigenvalue weighted by Gasteiger charge is 2.31. The number of pyridine rings is 1. The highest BCUT2D eigenvalue weighted by atomic mass is 19.4. The normalized spacial score (nSPS) is 18.3. The average Bonchev–Trinajstić information content (AvgIpc) is 2.79. The van der Waals surface area contributed by atoms with E-state index in [1.165, 1.54) is 12.1 Å². The van der Waals surface area contributed by atoms with Gasteiger partial charge in [0.1, 0.15) is 11.6 Å². The van der Waals surface area contributed by atoms with E-state index in [0.717, 1.165) is 30.0 Å². The van der Waals surface area contributed by atoms with Gasteiger partial charge in [-0.3, -0.25) is 4.79 Å². The number of benzene rings is 2. The number of hydrogen-bond acceptors (Lipinski definition) is 5. The van der Waals surface area contributed by atoms with E-state index >= 15 is 0 Å². The number of aromatic nitrogens is 1. The molecule has 4 rings (SSSR count). The van der Waals surface area contributed by atoms with Crippen molar-refractivity contribution < 1.29 is 27.4 Å². The van der Waals surface area contributed by atoms with Gasteiger partial charge in [-0.05, 0) is 73.9 Å². The molecule has 1 saturated heterocycles. The number of rotatable bonds is 5. The van der Waals surface area contributed by atoms with Gasteiger partial charge in [0, 0.05) is 25.0 Å². The highest BCUT2D eigenvalue weighted by molar-refractivity contribution is 6.04. The van der Waals surface area contributed by atoms with Crippen molar-refractivity contribution in [3.05, 3.63) is 71.9 Å². The Hall–Kier alpha value is -3.59. The van der Waals surface area contributed by atoms with Crippen molar-refractivity contribution in [2.24, 2.45) is 0 Å². The minimum atomic E-state index is -4.74. The van der Waals surface area contributed by atoms with E-state index in [0.29, 0.717) is 16.8 Å². The number of nitrogens with one attached hydrogen (secondary N) is 1. The molecule has 2 aromatic carbocycles. The number of carbonyl (C=O) groups excluding carboxylic acids is 1. The van der Waals surface area contributed by atoms with Gasteiger partial charge in [-0.1, -0.05) is 18.2 Å². The molecular formula is C26H26F3N3O3. The molecule has 0 spiro atoms. The van der Waals surface area contributed by atoms with Gasteiger partial charge in [0.05, 0.1) is 17.8 Å². The lowest BCUT2D eigenvalue weighted by atomic mass is 9.99. The molecule has 1 N–H and O–H groups in total. The molecule has 1 amide bonds. The van der Waals surface area contributed by atoms with Crippen LogP contribution in [0, 0.1) is 6.92 Å². The molecule has 0 saturated carbocycles. The van der Waals surface area contributed by atoms with Crippen LogP contribution < -0.4 is 15.0 Å². The first-order chi connectivity index (χ1) is 16.6. The van der Waals surface area contributed by atoms with Crippen LogP contribution in [0.2, 0.25) is 0 Å². The van der Waals surface area contributed by atoms with E-state index < -0.39 is 6.36 Å². The van der Waals surface area contributed by atoms with Gasteiger partial charge < -0.3 is 19.7 Å². The number of nitrogens with zero attached hydrogens (tertiary/aromatic N) is 2. The number of alkyl halides is 3. The number of amides is 1. The van der Waals surface area contributed by atoms with E-state index in [4.69, 9.17) is 4.74 Å². The fourth-order valence-corrected chi connectivity index (χ4v) is 4.12. The predicted molar refractivity (Wildman–Crippen MR) is 128 cm³/mol. The first-order valence-corrected chi connectivity index (χ1v) is 11.2. The number of halogens is 3. The Balaban J connectivity index is 1.46. The second kappa shape index (κ2) is 9.95. The second-order valence-electron chi connectivity index (χ2n) is 8.62. The third-order valence-electron chi connectivity index (χ3n) is 5.65. The Morgan fingerprint density at radius 2 is 1.74 bits per heavy atom. The van der Waals surface area contributed by atoms with Crippen molar-refractivity contribution in [2.45, 2.75) is 39.3 Å². The maximum atomic E-state index is 12.8. The van der Waals surface area contributed by atoms with E-state index in [1.807, 2.05) is 32.9 Å². The summed E-state index contributed by atoms with van der Waals surface area (Å²) in [6, 6.07) is 14.6. The van der Waals surface area contributed by atoms with Crippen LogP contribution in [0.25, 0.3) is 11.1 Å². The Morgan fingerprint density at radius 1 is 1.06 bits per heavy atom. The molecule has 184 valence electrons. The number of aryl methyl sites for hydroxylation is 1. The van der Waals surface area contributed by atoms with Crippen LogP contribution in [0.5, 0.6) is 5.75 Å². The standard InChI is InChI=1S/C26H26F3N3O3/c1-16-4-8-21(12-23(16)19-5-9-22(10-6-19)35-26(27,28)29)31-25(33)20-7-11-24(30-13-20)32-14-17(2)34-18(3)15-32/h4-13,17-18H,14-15H2,1-3H3,(H,31,33)/t17-,18+. The van der Waals surface area contributed by atoms with Crippen LogP contribution in [0.3, 0.4) is 0 Å². The molecule has 2 heterocycles. The van der Waals surface area contributed by atoms with Crippen molar-refractivity contribution >= 4 is 17.4 Å². The first kappa shape index (κ1) is 24.5. The van der Waals surface area contributed by atoms with Crippen molar-refractivity contribution in [2.75, 3.05) is 23.3 Å². The largest absolute Gasteiger partial charge is 0.573 e. The molecular weight excluding hydrogens is 459 g/mol. The minimum absolute atomic E-state index is 0.104. The number of ether oxygens (including phenoxy) is 2. The topological polar surface area (TPSA) is 63.7 Å². The predicted octanol–water partition coefficient (Wildman–Crippen LogP) is 5.82. The fraction of sp³-hybridized carbons (Fsp3) is 0.308. The Labute approximate surface area is 201 Å². The third kappa shape index (κ3) is 6.30.